The van der Waals surface area contributed by atoms with E-state index < -0.39 is 5.82 Å². The van der Waals surface area contributed by atoms with Crippen LogP contribution in [0.15, 0.2) is 42.5 Å². The Morgan fingerprint density at radius 3 is 2.57 bits per heavy atom. The number of halogens is 1. The van der Waals surface area contributed by atoms with Gasteiger partial charge in [-0.05, 0) is 51.1 Å². The highest BCUT2D eigenvalue weighted by atomic mass is 19.1. The largest absolute Gasteiger partial charge is 0.322 e. The highest BCUT2D eigenvalue weighted by Gasteiger charge is 2.19. The van der Waals surface area contributed by atoms with E-state index in [1.165, 1.54) is 22.8 Å². The molecule has 1 N–H and O–H groups in total. The number of rotatable bonds is 5. The van der Waals surface area contributed by atoms with Gasteiger partial charge in [0.15, 0.2) is 0 Å². The monoisotopic (exact) mass is 314 g/mol. The standard InChI is InChI=1S/C19H23FN2O/c1-13-9-10-16(14(2)11-13)12-22(4)15(3)19(23)21-18-8-6-5-7-17(18)20/h5-11,15H,12H2,1-4H3,(H,21,23)/t15-/m1/s1. The summed E-state index contributed by atoms with van der Waals surface area (Å²) in [6.45, 7) is 6.61. The molecule has 0 unspecified atom stereocenters. The average molecular weight is 314 g/mol. The smallest absolute Gasteiger partial charge is 0.241 e. The maximum Gasteiger partial charge on any atom is 0.241 e. The minimum atomic E-state index is -0.426. The minimum absolute atomic E-state index is 0.212. The van der Waals surface area contributed by atoms with Crippen molar-refractivity contribution in [3.05, 3.63) is 65.0 Å². The van der Waals surface area contributed by atoms with Crippen molar-refractivity contribution in [2.24, 2.45) is 0 Å². The van der Waals surface area contributed by atoms with Gasteiger partial charge in [-0.1, -0.05) is 35.9 Å². The summed E-state index contributed by atoms with van der Waals surface area (Å²) >= 11 is 0. The number of amides is 1. The first-order chi connectivity index (χ1) is 10.9. The first kappa shape index (κ1) is 17.2. The molecule has 0 aliphatic heterocycles. The Balaban J connectivity index is 2.02. The van der Waals surface area contributed by atoms with Gasteiger partial charge in [0, 0.05) is 6.54 Å². The van der Waals surface area contributed by atoms with Gasteiger partial charge in [0.25, 0.3) is 0 Å². The fourth-order valence-electron chi connectivity index (χ4n) is 2.43. The van der Waals surface area contributed by atoms with Crippen LogP contribution in [0.5, 0.6) is 0 Å². The van der Waals surface area contributed by atoms with Gasteiger partial charge in [-0.3, -0.25) is 9.69 Å². The Morgan fingerprint density at radius 2 is 1.91 bits per heavy atom. The third-order valence-electron chi connectivity index (χ3n) is 4.09. The van der Waals surface area contributed by atoms with Crippen molar-refractivity contribution in [3.8, 4) is 0 Å². The Morgan fingerprint density at radius 1 is 1.22 bits per heavy atom. The van der Waals surface area contributed by atoms with Crippen LogP contribution in [0.3, 0.4) is 0 Å². The number of likely N-dealkylation sites (N-methyl/N-ethyl adjacent to an activating group) is 1. The first-order valence-corrected chi connectivity index (χ1v) is 7.70. The van der Waals surface area contributed by atoms with Crippen LogP contribution in [0, 0.1) is 19.7 Å². The predicted molar refractivity (Wildman–Crippen MR) is 91.9 cm³/mol. The topological polar surface area (TPSA) is 32.3 Å². The summed E-state index contributed by atoms with van der Waals surface area (Å²) in [5, 5.41) is 2.64. The molecule has 2 rings (SSSR count). The zero-order valence-corrected chi connectivity index (χ0v) is 14.1. The Kier molecular flexibility index (Phi) is 5.50. The lowest BCUT2D eigenvalue weighted by molar-refractivity contribution is -0.120. The lowest BCUT2D eigenvalue weighted by Crippen LogP contribution is -2.39. The number of hydrogen-bond acceptors (Lipinski definition) is 2. The van der Waals surface area contributed by atoms with Crippen LogP contribution in [0.25, 0.3) is 0 Å². The zero-order valence-electron chi connectivity index (χ0n) is 14.1. The van der Waals surface area contributed by atoms with Crippen LogP contribution >= 0.6 is 0 Å². The molecule has 0 bridgehead atoms. The summed E-state index contributed by atoms with van der Waals surface area (Å²) in [7, 11) is 1.89. The molecule has 0 aliphatic rings. The van der Waals surface area contributed by atoms with Crippen molar-refractivity contribution in [3.63, 3.8) is 0 Å². The number of benzene rings is 2. The summed E-state index contributed by atoms with van der Waals surface area (Å²) in [6, 6.07) is 12.1. The van der Waals surface area contributed by atoms with Crippen LogP contribution in [0.2, 0.25) is 0 Å². The van der Waals surface area contributed by atoms with Crippen LogP contribution in [0.1, 0.15) is 23.6 Å². The maximum atomic E-state index is 13.6. The lowest BCUT2D eigenvalue weighted by atomic mass is 10.0. The molecule has 1 atom stereocenters. The predicted octanol–water partition coefficient (Wildman–Crippen LogP) is 3.90. The summed E-state index contributed by atoms with van der Waals surface area (Å²) in [5.41, 5.74) is 3.82. The molecule has 0 saturated heterocycles. The van der Waals surface area contributed by atoms with Gasteiger partial charge in [-0.25, -0.2) is 4.39 Å². The molecule has 0 heterocycles. The number of carbonyl (C=O) groups excluding carboxylic acids is 1. The van der Waals surface area contributed by atoms with Gasteiger partial charge in [-0.15, -0.1) is 0 Å². The number of nitrogens with one attached hydrogen (secondary N) is 1. The van der Waals surface area contributed by atoms with Gasteiger partial charge in [0.05, 0.1) is 11.7 Å². The number of anilines is 1. The summed E-state index contributed by atoms with van der Waals surface area (Å²) in [5.74, 6) is -0.646. The van der Waals surface area contributed by atoms with E-state index in [4.69, 9.17) is 0 Å². The third kappa shape index (κ3) is 4.39. The molecule has 4 heteroatoms. The lowest BCUT2D eigenvalue weighted by Gasteiger charge is -2.25. The molecule has 0 fully saturated rings. The number of aryl methyl sites for hydroxylation is 2. The second-order valence-electron chi connectivity index (χ2n) is 5.99. The summed E-state index contributed by atoms with van der Waals surface area (Å²) < 4.78 is 13.6. The molecule has 0 aliphatic carbocycles. The van der Waals surface area contributed by atoms with Crippen molar-refractivity contribution < 1.29 is 9.18 Å². The van der Waals surface area contributed by atoms with Gasteiger partial charge in [0.2, 0.25) is 5.91 Å². The van der Waals surface area contributed by atoms with Crippen LogP contribution in [0.4, 0.5) is 10.1 Å². The molecule has 23 heavy (non-hydrogen) atoms. The second kappa shape index (κ2) is 7.38. The van der Waals surface area contributed by atoms with Gasteiger partial charge in [0.1, 0.15) is 5.82 Å². The fourth-order valence-corrected chi connectivity index (χ4v) is 2.43. The summed E-state index contributed by atoms with van der Waals surface area (Å²) in [4.78, 5) is 14.3. The maximum absolute atomic E-state index is 13.6. The average Bonchev–Trinajstić information content (AvgIpc) is 2.51. The van der Waals surface area contributed by atoms with E-state index in [-0.39, 0.29) is 17.6 Å². The highest BCUT2D eigenvalue weighted by Crippen LogP contribution is 2.16. The van der Waals surface area contributed by atoms with Gasteiger partial charge in [-0.2, -0.15) is 0 Å². The van der Waals surface area contributed by atoms with Crippen molar-refractivity contribution in [1.82, 2.24) is 4.90 Å². The molecule has 1 amide bonds. The summed E-state index contributed by atoms with van der Waals surface area (Å²) in [6.07, 6.45) is 0. The molecular formula is C19H23FN2O. The Hall–Kier alpha value is -2.20. The Labute approximate surface area is 137 Å². The van der Waals surface area contributed by atoms with E-state index in [1.54, 1.807) is 18.2 Å². The third-order valence-corrected chi connectivity index (χ3v) is 4.09. The SMILES string of the molecule is Cc1ccc(CN(C)[C@H](C)C(=O)Nc2ccccc2F)c(C)c1. The molecule has 0 saturated carbocycles. The van der Waals surface area contributed by atoms with E-state index in [0.717, 1.165) is 0 Å². The molecule has 0 aromatic heterocycles. The van der Waals surface area contributed by atoms with Crippen molar-refractivity contribution in [2.75, 3.05) is 12.4 Å². The minimum Gasteiger partial charge on any atom is -0.322 e. The van der Waals surface area contributed by atoms with Crippen LogP contribution < -0.4 is 5.32 Å². The van der Waals surface area contributed by atoms with E-state index >= 15 is 0 Å². The van der Waals surface area contributed by atoms with Crippen molar-refractivity contribution in [1.29, 1.82) is 0 Å². The van der Waals surface area contributed by atoms with E-state index in [1.807, 2.05) is 18.9 Å². The molecule has 122 valence electrons. The van der Waals surface area contributed by atoms with E-state index in [0.29, 0.717) is 6.54 Å². The van der Waals surface area contributed by atoms with E-state index in [9.17, 15) is 9.18 Å². The van der Waals surface area contributed by atoms with Crippen molar-refractivity contribution in [2.45, 2.75) is 33.4 Å². The van der Waals surface area contributed by atoms with Crippen LogP contribution in [-0.4, -0.2) is 23.9 Å². The second-order valence-corrected chi connectivity index (χ2v) is 5.99. The number of nitrogens with zero attached hydrogens (tertiary/aromatic N) is 1. The zero-order chi connectivity index (χ0) is 17.0. The molecule has 2 aromatic rings. The highest BCUT2D eigenvalue weighted by molar-refractivity contribution is 5.94. The molecule has 3 nitrogen and oxygen atoms in total. The van der Waals surface area contributed by atoms with Crippen LogP contribution in [-0.2, 0) is 11.3 Å². The normalized spacial score (nSPS) is 12.3. The molecule has 0 radical (unpaired) electrons. The first-order valence-electron chi connectivity index (χ1n) is 7.70. The quantitative estimate of drug-likeness (QED) is 0.908. The van der Waals surface area contributed by atoms with Gasteiger partial charge < -0.3 is 5.32 Å². The fraction of sp³-hybridized carbons (Fsp3) is 0.316. The molecular weight excluding hydrogens is 291 g/mol. The Bertz CT molecular complexity index is 700. The number of hydrogen-bond donors (Lipinski definition) is 1. The van der Waals surface area contributed by atoms with Gasteiger partial charge >= 0.3 is 0 Å². The number of para-hydroxylation sites is 1. The van der Waals surface area contributed by atoms with Crippen molar-refractivity contribution >= 4 is 11.6 Å². The molecule has 0 spiro atoms. The number of carbonyl (C=O) groups is 1. The van der Waals surface area contributed by atoms with E-state index in [2.05, 4.69) is 37.4 Å². The molecule has 2 aromatic carbocycles.